The first kappa shape index (κ1) is 16.5. The van der Waals surface area contributed by atoms with E-state index in [1.807, 2.05) is 20.8 Å². The van der Waals surface area contributed by atoms with Gasteiger partial charge in [-0.15, -0.1) is 0 Å². The molecule has 1 saturated heterocycles. The quantitative estimate of drug-likeness (QED) is 0.861. The molecule has 1 amide bonds. The van der Waals surface area contributed by atoms with Crippen molar-refractivity contribution in [3.8, 4) is 0 Å². The van der Waals surface area contributed by atoms with Gasteiger partial charge in [-0.3, -0.25) is 4.57 Å². The second-order valence-corrected chi connectivity index (χ2v) is 7.15. The monoisotopic (exact) mass is 333 g/mol. The van der Waals surface area contributed by atoms with Gasteiger partial charge in [0.2, 0.25) is 0 Å². The number of nitrogens with one attached hydrogen (secondary N) is 1. The van der Waals surface area contributed by atoms with Gasteiger partial charge in [0.15, 0.2) is 5.65 Å². The van der Waals surface area contributed by atoms with Crippen LogP contribution in [-0.2, 0) is 4.74 Å². The SMILES string of the molecule is Cc1ncc2[nH]c(=O)n(C3CCN(C(=O)OC(C)(C)C)CC3)c2n1. The number of nitrogens with zero attached hydrogens (tertiary/aromatic N) is 4. The summed E-state index contributed by atoms with van der Waals surface area (Å²) in [5.41, 5.74) is 0.583. The summed E-state index contributed by atoms with van der Waals surface area (Å²) < 4.78 is 7.10. The smallest absolute Gasteiger partial charge is 0.410 e. The third-order valence-corrected chi connectivity index (χ3v) is 4.06. The van der Waals surface area contributed by atoms with Crippen molar-refractivity contribution in [2.75, 3.05) is 13.1 Å². The Labute approximate surface area is 139 Å². The van der Waals surface area contributed by atoms with Crippen LogP contribution in [0.5, 0.6) is 0 Å². The van der Waals surface area contributed by atoms with E-state index in [4.69, 9.17) is 4.74 Å². The van der Waals surface area contributed by atoms with Crippen LogP contribution in [-0.4, -0.2) is 49.2 Å². The Hall–Kier alpha value is -2.38. The first-order valence-electron chi connectivity index (χ1n) is 8.16. The molecule has 1 N–H and O–H groups in total. The molecule has 3 heterocycles. The molecule has 1 fully saturated rings. The fourth-order valence-electron chi connectivity index (χ4n) is 2.97. The summed E-state index contributed by atoms with van der Waals surface area (Å²) in [5, 5.41) is 0. The van der Waals surface area contributed by atoms with Gasteiger partial charge >= 0.3 is 11.8 Å². The molecule has 2 aromatic rings. The van der Waals surface area contributed by atoms with Crippen LogP contribution < -0.4 is 5.69 Å². The molecule has 3 rings (SSSR count). The zero-order chi connectivity index (χ0) is 17.5. The van der Waals surface area contributed by atoms with Crippen molar-refractivity contribution in [2.45, 2.75) is 52.2 Å². The highest BCUT2D eigenvalue weighted by molar-refractivity contribution is 5.70. The van der Waals surface area contributed by atoms with Gasteiger partial charge in [0.1, 0.15) is 16.9 Å². The van der Waals surface area contributed by atoms with Crippen LogP contribution >= 0.6 is 0 Å². The number of rotatable bonds is 1. The number of aromatic amines is 1. The largest absolute Gasteiger partial charge is 0.444 e. The molecule has 130 valence electrons. The molecule has 1 aliphatic rings. The highest BCUT2D eigenvalue weighted by Crippen LogP contribution is 2.25. The molecule has 0 bridgehead atoms. The molecular formula is C16H23N5O3. The lowest BCUT2D eigenvalue weighted by Gasteiger charge is -2.33. The molecule has 0 radical (unpaired) electrons. The number of imidazole rings is 1. The molecule has 0 unspecified atom stereocenters. The van der Waals surface area contributed by atoms with Crippen LogP contribution in [0.3, 0.4) is 0 Å². The number of aryl methyl sites for hydroxylation is 1. The van der Waals surface area contributed by atoms with E-state index in [1.165, 1.54) is 0 Å². The lowest BCUT2D eigenvalue weighted by Crippen LogP contribution is -2.43. The summed E-state index contributed by atoms with van der Waals surface area (Å²) in [5.74, 6) is 0.626. The lowest BCUT2D eigenvalue weighted by atomic mass is 10.1. The molecule has 0 atom stereocenters. The summed E-state index contributed by atoms with van der Waals surface area (Å²) in [6.45, 7) is 8.47. The Balaban J connectivity index is 1.76. The molecule has 8 nitrogen and oxygen atoms in total. The number of ether oxygens (including phenoxy) is 1. The maximum absolute atomic E-state index is 12.3. The summed E-state index contributed by atoms with van der Waals surface area (Å²) in [4.78, 5) is 37.4. The van der Waals surface area contributed by atoms with E-state index in [2.05, 4.69) is 15.0 Å². The zero-order valence-electron chi connectivity index (χ0n) is 14.5. The van der Waals surface area contributed by atoms with Gasteiger partial charge < -0.3 is 14.6 Å². The normalized spacial score (nSPS) is 16.6. The molecule has 8 heteroatoms. The number of amides is 1. The average molecular weight is 333 g/mol. The Morgan fingerprint density at radius 2 is 2.00 bits per heavy atom. The fraction of sp³-hybridized carbons (Fsp3) is 0.625. The first-order chi connectivity index (χ1) is 11.2. The highest BCUT2D eigenvalue weighted by atomic mass is 16.6. The average Bonchev–Trinajstić information content (AvgIpc) is 2.81. The van der Waals surface area contributed by atoms with Crippen molar-refractivity contribution in [1.29, 1.82) is 0 Å². The van der Waals surface area contributed by atoms with E-state index >= 15 is 0 Å². The predicted octanol–water partition coefficient (Wildman–Crippen LogP) is 2.00. The fourth-order valence-corrected chi connectivity index (χ4v) is 2.97. The number of aromatic nitrogens is 4. The third kappa shape index (κ3) is 3.27. The molecule has 1 aliphatic heterocycles. The number of H-pyrrole nitrogens is 1. The van der Waals surface area contributed by atoms with Crippen LogP contribution in [0.25, 0.3) is 11.2 Å². The van der Waals surface area contributed by atoms with Gasteiger partial charge in [-0.2, -0.15) is 0 Å². The summed E-state index contributed by atoms with van der Waals surface area (Å²) in [7, 11) is 0. The maximum atomic E-state index is 12.3. The minimum atomic E-state index is -0.504. The van der Waals surface area contributed by atoms with E-state index in [9.17, 15) is 9.59 Å². The van der Waals surface area contributed by atoms with Crippen LogP contribution in [0.15, 0.2) is 11.0 Å². The Morgan fingerprint density at radius 1 is 1.33 bits per heavy atom. The molecule has 2 aromatic heterocycles. The van der Waals surface area contributed by atoms with Crippen molar-refractivity contribution < 1.29 is 9.53 Å². The van der Waals surface area contributed by atoms with Gasteiger partial charge in [-0.1, -0.05) is 0 Å². The molecular weight excluding hydrogens is 310 g/mol. The Kier molecular flexibility index (Phi) is 4.06. The molecule has 0 aromatic carbocycles. The first-order valence-corrected chi connectivity index (χ1v) is 8.16. The number of likely N-dealkylation sites (tertiary alicyclic amines) is 1. The van der Waals surface area contributed by atoms with Crippen LogP contribution in [0.4, 0.5) is 4.79 Å². The highest BCUT2D eigenvalue weighted by Gasteiger charge is 2.29. The number of piperidine rings is 1. The van der Waals surface area contributed by atoms with Crippen molar-refractivity contribution >= 4 is 17.3 Å². The molecule has 24 heavy (non-hydrogen) atoms. The van der Waals surface area contributed by atoms with Gasteiger partial charge in [0.25, 0.3) is 0 Å². The number of fused-ring (bicyclic) bond motifs is 1. The van der Waals surface area contributed by atoms with Crippen LogP contribution in [0, 0.1) is 6.92 Å². The van der Waals surface area contributed by atoms with Crippen molar-refractivity contribution in [1.82, 2.24) is 24.4 Å². The van der Waals surface area contributed by atoms with E-state index < -0.39 is 5.60 Å². The summed E-state index contributed by atoms with van der Waals surface area (Å²) >= 11 is 0. The minimum absolute atomic E-state index is 0.0132. The molecule has 0 saturated carbocycles. The summed E-state index contributed by atoms with van der Waals surface area (Å²) in [6.07, 6.45) is 2.71. The van der Waals surface area contributed by atoms with Crippen molar-refractivity contribution in [2.24, 2.45) is 0 Å². The Bertz CT molecular complexity index is 809. The standard InChI is InChI=1S/C16H23N5O3/c1-10-17-9-12-13(18-10)21(14(22)19-12)11-5-7-20(8-6-11)15(23)24-16(2,3)4/h9,11H,5-8H2,1-4H3,(H,19,22). The zero-order valence-corrected chi connectivity index (χ0v) is 14.5. The number of hydrogen-bond acceptors (Lipinski definition) is 5. The van der Waals surface area contributed by atoms with Gasteiger partial charge in [-0.05, 0) is 40.5 Å². The lowest BCUT2D eigenvalue weighted by molar-refractivity contribution is 0.0189. The molecule has 0 spiro atoms. The van der Waals surface area contributed by atoms with E-state index in [1.54, 1.807) is 22.6 Å². The van der Waals surface area contributed by atoms with E-state index in [0.717, 1.165) is 0 Å². The van der Waals surface area contributed by atoms with Crippen molar-refractivity contribution in [3.63, 3.8) is 0 Å². The third-order valence-electron chi connectivity index (χ3n) is 4.06. The number of carbonyl (C=O) groups excluding carboxylic acids is 1. The second kappa shape index (κ2) is 5.92. The van der Waals surface area contributed by atoms with E-state index in [-0.39, 0.29) is 17.8 Å². The summed E-state index contributed by atoms with van der Waals surface area (Å²) in [6, 6.07) is 0.0132. The number of hydrogen-bond donors (Lipinski definition) is 1. The topological polar surface area (TPSA) is 93.1 Å². The Morgan fingerprint density at radius 3 is 2.62 bits per heavy atom. The number of carbonyl (C=O) groups is 1. The molecule has 0 aliphatic carbocycles. The van der Waals surface area contributed by atoms with Gasteiger partial charge in [0.05, 0.1) is 6.20 Å². The van der Waals surface area contributed by atoms with Gasteiger partial charge in [-0.25, -0.2) is 19.6 Å². The van der Waals surface area contributed by atoms with E-state index in [0.29, 0.717) is 42.9 Å². The van der Waals surface area contributed by atoms with Gasteiger partial charge in [0, 0.05) is 19.1 Å². The predicted molar refractivity (Wildman–Crippen MR) is 89.0 cm³/mol. The second-order valence-electron chi connectivity index (χ2n) is 7.15. The minimum Gasteiger partial charge on any atom is -0.444 e. The van der Waals surface area contributed by atoms with Crippen LogP contribution in [0.1, 0.15) is 45.5 Å². The van der Waals surface area contributed by atoms with Crippen molar-refractivity contribution in [3.05, 3.63) is 22.5 Å². The van der Waals surface area contributed by atoms with Crippen LogP contribution in [0.2, 0.25) is 0 Å². The maximum Gasteiger partial charge on any atom is 0.410 e.